The number of rotatable bonds is 8. The van der Waals surface area contributed by atoms with E-state index in [0.717, 1.165) is 42.0 Å². The molecule has 166 valence electrons. The van der Waals surface area contributed by atoms with Crippen LogP contribution < -0.4 is 4.74 Å². The molecule has 7 heteroatoms. The van der Waals surface area contributed by atoms with Gasteiger partial charge in [0.2, 0.25) is 0 Å². The molecule has 0 fully saturated rings. The highest BCUT2D eigenvalue weighted by molar-refractivity contribution is 6.30. The highest BCUT2D eigenvalue weighted by atomic mass is 35.5. The Kier molecular flexibility index (Phi) is 7.31. The van der Waals surface area contributed by atoms with Gasteiger partial charge in [-0.05, 0) is 78.1 Å². The SMILES string of the molecule is CCc1cc(CCC(=O)O)c(C(F)(F)F)cc1OCC1=C(c2ccc(Cl)cc2)CCC1. The van der Waals surface area contributed by atoms with E-state index in [1.165, 1.54) is 6.07 Å². The van der Waals surface area contributed by atoms with Gasteiger partial charge in [0.1, 0.15) is 12.4 Å². The minimum absolute atomic E-state index is 0.0129. The van der Waals surface area contributed by atoms with E-state index in [-0.39, 0.29) is 30.8 Å². The van der Waals surface area contributed by atoms with E-state index in [2.05, 4.69) is 0 Å². The third kappa shape index (κ3) is 5.82. The average Bonchev–Trinajstić information content (AvgIpc) is 3.18. The molecule has 0 spiro atoms. The van der Waals surface area contributed by atoms with Crippen molar-refractivity contribution < 1.29 is 27.8 Å². The molecule has 0 radical (unpaired) electrons. The number of benzene rings is 2. The summed E-state index contributed by atoms with van der Waals surface area (Å²) in [7, 11) is 0. The van der Waals surface area contributed by atoms with Gasteiger partial charge >= 0.3 is 12.1 Å². The number of aryl methyl sites for hydroxylation is 2. The Morgan fingerprint density at radius 1 is 1.13 bits per heavy atom. The fraction of sp³-hybridized carbons (Fsp3) is 0.375. The highest BCUT2D eigenvalue weighted by Crippen LogP contribution is 2.38. The molecule has 0 bridgehead atoms. The van der Waals surface area contributed by atoms with E-state index in [4.69, 9.17) is 21.4 Å². The van der Waals surface area contributed by atoms with Crippen LogP contribution in [0, 0.1) is 0 Å². The van der Waals surface area contributed by atoms with Crippen molar-refractivity contribution in [1.29, 1.82) is 0 Å². The number of aliphatic carboxylic acids is 1. The zero-order valence-corrected chi connectivity index (χ0v) is 17.9. The molecule has 0 saturated carbocycles. The largest absolute Gasteiger partial charge is 0.489 e. The summed E-state index contributed by atoms with van der Waals surface area (Å²) in [5.74, 6) is -0.932. The fourth-order valence-electron chi connectivity index (χ4n) is 3.93. The Bertz CT molecular complexity index is 979. The van der Waals surface area contributed by atoms with Crippen molar-refractivity contribution in [3.63, 3.8) is 0 Å². The van der Waals surface area contributed by atoms with Gasteiger partial charge in [-0.25, -0.2) is 0 Å². The molecule has 1 aliphatic carbocycles. The number of carbonyl (C=O) groups is 1. The van der Waals surface area contributed by atoms with E-state index in [0.29, 0.717) is 17.0 Å². The van der Waals surface area contributed by atoms with Crippen LogP contribution >= 0.6 is 11.6 Å². The first-order valence-electron chi connectivity index (χ1n) is 10.2. The maximum Gasteiger partial charge on any atom is 0.416 e. The molecule has 0 atom stereocenters. The number of carboxylic acids is 1. The zero-order valence-electron chi connectivity index (χ0n) is 17.2. The number of halogens is 4. The Morgan fingerprint density at radius 2 is 1.84 bits per heavy atom. The lowest BCUT2D eigenvalue weighted by atomic mass is 9.97. The number of ether oxygens (including phenoxy) is 1. The van der Waals surface area contributed by atoms with Crippen molar-refractivity contribution >= 4 is 23.1 Å². The Hall–Kier alpha value is -2.47. The van der Waals surface area contributed by atoms with Crippen molar-refractivity contribution in [3.8, 4) is 5.75 Å². The van der Waals surface area contributed by atoms with Crippen LogP contribution in [-0.4, -0.2) is 17.7 Å². The van der Waals surface area contributed by atoms with Gasteiger partial charge in [0.15, 0.2) is 0 Å². The molecular weight excluding hydrogens is 429 g/mol. The molecule has 1 aliphatic rings. The number of allylic oxidation sites excluding steroid dienone is 1. The first-order chi connectivity index (χ1) is 14.7. The molecule has 31 heavy (non-hydrogen) atoms. The van der Waals surface area contributed by atoms with Gasteiger partial charge in [-0.2, -0.15) is 13.2 Å². The first kappa shape index (κ1) is 23.2. The summed E-state index contributed by atoms with van der Waals surface area (Å²) in [4.78, 5) is 10.9. The molecule has 0 amide bonds. The minimum Gasteiger partial charge on any atom is -0.489 e. The van der Waals surface area contributed by atoms with Crippen LogP contribution in [0.2, 0.25) is 5.02 Å². The van der Waals surface area contributed by atoms with E-state index < -0.39 is 17.7 Å². The second-order valence-electron chi connectivity index (χ2n) is 7.59. The lowest BCUT2D eigenvalue weighted by Gasteiger charge is -2.19. The zero-order chi connectivity index (χ0) is 22.6. The van der Waals surface area contributed by atoms with E-state index in [1.807, 2.05) is 31.2 Å². The Labute approximate surface area is 184 Å². The van der Waals surface area contributed by atoms with Crippen LogP contribution in [0.4, 0.5) is 13.2 Å². The predicted octanol–water partition coefficient (Wildman–Crippen LogP) is 6.95. The van der Waals surface area contributed by atoms with E-state index in [9.17, 15) is 18.0 Å². The van der Waals surface area contributed by atoms with Gasteiger partial charge < -0.3 is 9.84 Å². The van der Waals surface area contributed by atoms with Gasteiger partial charge in [-0.3, -0.25) is 4.79 Å². The van der Waals surface area contributed by atoms with Crippen LogP contribution in [0.15, 0.2) is 42.0 Å². The molecule has 0 aliphatic heterocycles. The molecule has 0 heterocycles. The van der Waals surface area contributed by atoms with Crippen LogP contribution in [0.5, 0.6) is 5.75 Å². The normalized spacial score (nSPS) is 14.2. The highest BCUT2D eigenvalue weighted by Gasteiger charge is 2.34. The predicted molar refractivity (Wildman–Crippen MR) is 114 cm³/mol. The monoisotopic (exact) mass is 452 g/mol. The van der Waals surface area contributed by atoms with E-state index in [1.54, 1.807) is 0 Å². The van der Waals surface area contributed by atoms with Gasteiger partial charge in [0.25, 0.3) is 0 Å². The van der Waals surface area contributed by atoms with Crippen molar-refractivity contribution in [2.45, 2.75) is 51.6 Å². The molecule has 3 rings (SSSR count). The van der Waals surface area contributed by atoms with Gasteiger partial charge in [0.05, 0.1) is 5.56 Å². The standard InChI is InChI=1S/C24H24ClF3O3/c1-2-15-12-17(8-11-23(29)30)21(24(26,27)28)13-22(15)31-14-18-4-3-5-20(18)16-6-9-19(25)10-7-16/h6-7,9-10,12-13H,2-5,8,11,14H2,1H3,(H,29,30). The van der Waals surface area contributed by atoms with Crippen molar-refractivity contribution in [3.05, 3.63) is 69.2 Å². The Balaban J connectivity index is 1.88. The second kappa shape index (κ2) is 9.77. The van der Waals surface area contributed by atoms with Crippen LogP contribution in [0.1, 0.15) is 54.9 Å². The maximum atomic E-state index is 13.6. The van der Waals surface area contributed by atoms with Crippen molar-refractivity contribution in [2.75, 3.05) is 6.61 Å². The summed E-state index contributed by atoms with van der Waals surface area (Å²) in [5.41, 5.74) is 3.08. The van der Waals surface area contributed by atoms with E-state index >= 15 is 0 Å². The molecule has 0 unspecified atom stereocenters. The molecule has 1 N–H and O–H groups in total. The quantitative estimate of drug-likeness (QED) is 0.471. The second-order valence-corrected chi connectivity index (χ2v) is 8.03. The summed E-state index contributed by atoms with van der Waals surface area (Å²) in [6.07, 6.45) is -1.94. The van der Waals surface area contributed by atoms with Crippen LogP contribution in [-0.2, 0) is 23.8 Å². The van der Waals surface area contributed by atoms with Crippen LogP contribution in [0.25, 0.3) is 5.57 Å². The summed E-state index contributed by atoms with van der Waals surface area (Å²) >= 11 is 5.97. The molecule has 2 aromatic rings. The Morgan fingerprint density at radius 3 is 2.45 bits per heavy atom. The van der Waals surface area contributed by atoms with Gasteiger partial charge in [-0.15, -0.1) is 0 Å². The minimum atomic E-state index is -4.58. The molecule has 0 saturated heterocycles. The molecular formula is C24H24ClF3O3. The summed E-state index contributed by atoms with van der Waals surface area (Å²) in [6.45, 7) is 2.06. The molecule has 0 aromatic heterocycles. The topological polar surface area (TPSA) is 46.5 Å². The lowest BCUT2D eigenvalue weighted by molar-refractivity contribution is -0.140. The third-order valence-corrected chi connectivity index (χ3v) is 5.76. The summed E-state index contributed by atoms with van der Waals surface area (Å²) in [5, 5.41) is 9.52. The summed E-state index contributed by atoms with van der Waals surface area (Å²) < 4.78 is 46.8. The lowest BCUT2D eigenvalue weighted by Crippen LogP contribution is -2.13. The molecule has 2 aromatic carbocycles. The number of hydrogen-bond acceptors (Lipinski definition) is 2. The average molecular weight is 453 g/mol. The first-order valence-corrected chi connectivity index (χ1v) is 10.6. The van der Waals surface area contributed by atoms with Crippen molar-refractivity contribution in [2.24, 2.45) is 0 Å². The maximum absolute atomic E-state index is 13.6. The van der Waals surface area contributed by atoms with Gasteiger partial charge in [0, 0.05) is 11.4 Å². The van der Waals surface area contributed by atoms with Crippen molar-refractivity contribution in [1.82, 2.24) is 0 Å². The third-order valence-electron chi connectivity index (χ3n) is 5.51. The van der Waals surface area contributed by atoms with Gasteiger partial charge in [-0.1, -0.05) is 36.7 Å². The summed E-state index contributed by atoms with van der Waals surface area (Å²) in [6, 6.07) is 9.99. The number of alkyl halides is 3. The van der Waals surface area contributed by atoms with Crippen LogP contribution in [0.3, 0.4) is 0 Å². The number of carboxylic acid groups (broad SMARTS) is 1. The molecule has 3 nitrogen and oxygen atoms in total. The smallest absolute Gasteiger partial charge is 0.416 e. The fourth-order valence-corrected chi connectivity index (χ4v) is 4.05. The number of hydrogen-bond donors (Lipinski definition) is 1.